The van der Waals surface area contributed by atoms with Crippen molar-refractivity contribution in [2.24, 2.45) is 5.92 Å². The lowest BCUT2D eigenvalue weighted by atomic mass is 9.76. The lowest BCUT2D eigenvalue weighted by molar-refractivity contribution is 0.219. The molecule has 1 nitrogen and oxygen atoms in total. The molecule has 0 bridgehead atoms. The molecule has 1 aliphatic heterocycles. The molecule has 1 heteroatoms. The Morgan fingerprint density at radius 3 is 2.64 bits per heavy atom. The molecule has 2 rings (SSSR count). The minimum absolute atomic E-state index is 0.519. The number of hydrogen-bond acceptors (Lipinski definition) is 1. The Hall–Kier alpha value is -0.0400. The van der Waals surface area contributed by atoms with Gasteiger partial charge in [-0.2, -0.15) is 0 Å². The molecule has 2 aliphatic rings. The molecular formula is C10H19N. The smallest absolute Gasteiger partial charge is 0.0156 e. The maximum Gasteiger partial charge on any atom is 0.0156 e. The molecule has 1 N–H and O–H groups in total. The monoisotopic (exact) mass is 153 g/mol. The molecular weight excluding hydrogens is 134 g/mol. The summed E-state index contributed by atoms with van der Waals surface area (Å²) in [4.78, 5) is 0. The Morgan fingerprint density at radius 2 is 2.18 bits per heavy atom. The highest BCUT2D eigenvalue weighted by atomic mass is 15.0. The maximum atomic E-state index is 3.63. The van der Waals surface area contributed by atoms with Gasteiger partial charge in [-0.25, -0.2) is 0 Å². The topological polar surface area (TPSA) is 12.0 Å². The van der Waals surface area contributed by atoms with Crippen LogP contribution in [0.2, 0.25) is 0 Å². The summed E-state index contributed by atoms with van der Waals surface area (Å²) in [6.45, 7) is 3.65. The number of hydrogen-bond donors (Lipinski definition) is 1. The van der Waals surface area contributed by atoms with Gasteiger partial charge in [0.1, 0.15) is 0 Å². The molecule has 1 unspecified atom stereocenters. The molecule has 1 saturated heterocycles. The SMILES string of the molecule is CC1(CC2CCC2)CCCN1. The summed E-state index contributed by atoms with van der Waals surface area (Å²) < 4.78 is 0. The molecule has 11 heavy (non-hydrogen) atoms. The molecule has 0 aromatic heterocycles. The first-order valence-corrected chi connectivity index (χ1v) is 5.04. The van der Waals surface area contributed by atoms with Crippen molar-refractivity contribution in [3.05, 3.63) is 0 Å². The zero-order chi connectivity index (χ0) is 7.73. The highest BCUT2D eigenvalue weighted by molar-refractivity contribution is 4.91. The van der Waals surface area contributed by atoms with Crippen LogP contribution in [0.4, 0.5) is 0 Å². The van der Waals surface area contributed by atoms with Gasteiger partial charge in [0.15, 0.2) is 0 Å². The lowest BCUT2D eigenvalue weighted by Gasteiger charge is -2.34. The predicted molar refractivity (Wildman–Crippen MR) is 47.6 cm³/mol. The third kappa shape index (κ3) is 1.58. The maximum absolute atomic E-state index is 3.63. The highest BCUT2D eigenvalue weighted by Gasteiger charge is 2.32. The quantitative estimate of drug-likeness (QED) is 0.642. The van der Waals surface area contributed by atoms with E-state index in [1.807, 2.05) is 0 Å². The van der Waals surface area contributed by atoms with Crippen molar-refractivity contribution in [2.45, 2.75) is 51.0 Å². The zero-order valence-electron chi connectivity index (χ0n) is 7.53. The summed E-state index contributed by atoms with van der Waals surface area (Å²) >= 11 is 0. The van der Waals surface area contributed by atoms with Crippen molar-refractivity contribution in [1.29, 1.82) is 0 Å². The molecule has 2 fully saturated rings. The fourth-order valence-electron chi connectivity index (χ4n) is 2.47. The van der Waals surface area contributed by atoms with Gasteiger partial charge in [-0.15, -0.1) is 0 Å². The fourth-order valence-corrected chi connectivity index (χ4v) is 2.47. The van der Waals surface area contributed by atoms with Crippen molar-refractivity contribution >= 4 is 0 Å². The molecule has 0 amide bonds. The van der Waals surface area contributed by atoms with Gasteiger partial charge in [-0.1, -0.05) is 19.3 Å². The van der Waals surface area contributed by atoms with Gasteiger partial charge < -0.3 is 5.32 Å². The van der Waals surface area contributed by atoms with Crippen LogP contribution in [0.15, 0.2) is 0 Å². The van der Waals surface area contributed by atoms with E-state index < -0.39 is 0 Å². The summed E-state index contributed by atoms with van der Waals surface area (Å²) in [5.41, 5.74) is 0.519. The summed E-state index contributed by atoms with van der Waals surface area (Å²) in [6, 6.07) is 0. The standard InChI is InChI=1S/C10H19N/c1-10(6-3-7-11-10)8-9-4-2-5-9/h9,11H,2-8H2,1H3. The van der Waals surface area contributed by atoms with Crippen LogP contribution in [-0.4, -0.2) is 12.1 Å². The van der Waals surface area contributed by atoms with E-state index in [0.29, 0.717) is 5.54 Å². The van der Waals surface area contributed by atoms with Crippen LogP contribution in [0.5, 0.6) is 0 Å². The molecule has 1 aliphatic carbocycles. The zero-order valence-corrected chi connectivity index (χ0v) is 7.53. The van der Waals surface area contributed by atoms with Crippen LogP contribution >= 0.6 is 0 Å². The first-order valence-electron chi connectivity index (χ1n) is 5.04. The summed E-state index contributed by atoms with van der Waals surface area (Å²) in [6.07, 6.45) is 8.72. The second kappa shape index (κ2) is 2.78. The largest absolute Gasteiger partial charge is 0.312 e. The van der Waals surface area contributed by atoms with Gasteiger partial charge in [-0.3, -0.25) is 0 Å². The van der Waals surface area contributed by atoms with Crippen LogP contribution < -0.4 is 5.32 Å². The molecule has 0 radical (unpaired) electrons. The molecule has 1 saturated carbocycles. The number of rotatable bonds is 2. The Kier molecular flexibility index (Phi) is 1.92. The number of nitrogens with one attached hydrogen (secondary N) is 1. The van der Waals surface area contributed by atoms with Gasteiger partial charge in [0, 0.05) is 5.54 Å². The molecule has 0 spiro atoms. The van der Waals surface area contributed by atoms with Gasteiger partial charge in [0.2, 0.25) is 0 Å². The first-order chi connectivity index (χ1) is 5.29. The van der Waals surface area contributed by atoms with Crippen molar-refractivity contribution in [2.75, 3.05) is 6.54 Å². The van der Waals surface area contributed by atoms with E-state index in [2.05, 4.69) is 12.2 Å². The molecule has 1 atom stereocenters. The Bertz CT molecular complexity index is 132. The van der Waals surface area contributed by atoms with Crippen molar-refractivity contribution in [1.82, 2.24) is 5.32 Å². The van der Waals surface area contributed by atoms with E-state index in [4.69, 9.17) is 0 Å². The van der Waals surface area contributed by atoms with E-state index >= 15 is 0 Å². The van der Waals surface area contributed by atoms with Crippen molar-refractivity contribution < 1.29 is 0 Å². The normalized spacial score (nSPS) is 39.0. The van der Waals surface area contributed by atoms with E-state index in [1.54, 1.807) is 0 Å². The molecule has 64 valence electrons. The average molecular weight is 153 g/mol. The third-order valence-corrected chi connectivity index (χ3v) is 3.42. The fraction of sp³-hybridized carbons (Fsp3) is 1.00. The van der Waals surface area contributed by atoms with E-state index in [9.17, 15) is 0 Å². The van der Waals surface area contributed by atoms with Crippen molar-refractivity contribution in [3.8, 4) is 0 Å². The average Bonchev–Trinajstić information content (AvgIpc) is 2.29. The highest BCUT2D eigenvalue weighted by Crippen LogP contribution is 2.36. The van der Waals surface area contributed by atoms with Crippen LogP contribution in [0.1, 0.15) is 45.4 Å². The summed E-state index contributed by atoms with van der Waals surface area (Å²) in [5, 5.41) is 3.63. The molecule has 0 aromatic carbocycles. The van der Waals surface area contributed by atoms with Gasteiger partial charge >= 0.3 is 0 Å². The lowest BCUT2D eigenvalue weighted by Crippen LogP contribution is -2.39. The molecule has 1 heterocycles. The first kappa shape index (κ1) is 7.60. The van der Waals surface area contributed by atoms with Crippen LogP contribution in [0.25, 0.3) is 0 Å². The van der Waals surface area contributed by atoms with Crippen LogP contribution in [0, 0.1) is 5.92 Å². The Balaban J connectivity index is 1.82. The summed E-state index contributed by atoms with van der Waals surface area (Å²) in [5.74, 6) is 1.06. The van der Waals surface area contributed by atoms with Crippen LogP contribution in [-0.2, 0) is 0 Å². The second-order valence-electron chi connectivity index (χ2n) is 4.59. The Labute approximate surface area is 69.6 Å². The van der Waals surface area contributed by atoms with Gasteiger partial charge in [0.25, 0.3) is 0 Å². The van der Waals surface area contributed by atoms with Crippen molar-refractivity contribution in [3.63, 3.8) is 0 Å². The van der Waals surface area contributed by atoms with Gasteiger partial charge in [0.05, 0.1) is 0 Å². The van der Waals surface area contributed by atoms with E-state index in [1.165, 1.54) is 45.1 Å². The summed E-state index contributed by atoms with van der Waals surface area (Å²) in [7, 11) is 0. The van der Waals surface area contributed by atoms with E-state index in [0.717, 1.165) is 5.92 Å². The minimum atomic E-state index is 0.519. The van der Waals surface area contributed by atoms with Gasteiger partial charge in [-0.05, 0) is 38.6 Å². The van der Waals surface area contributed by atoms with Crippen LogP contribution in [0.3, 0.4) is 0 Å². The Morgan fingerprint density at radius 1 is 1.36 bits per heavy atom. The second-order valence-corrected chi connectivity index (χ2v) is 4.59. The minimum Gasteiger partial charge on any atom is -0.312 e. The van der Waals surface area contributed by atoms with E-state index in [-0.39, 0.29) is 0 Å². The third-order valence-electron chi connectivity index (χ3n) is 3.42. The predicted octanol–water partition coefficient (Wildman–Crippen LogP) is 2.32. The molecule has 0 aromatic rings.